The van der Waals surface area contributed by atoms with Crippen molar-refractivity contribution in [3.8, 4) is 0 Å². The van der Waals surface area contributed by atoms with Crippen LogP contribution in [0.4, 0.5) is 0 Å². The Bertz CT molecular complexity index is 361. The lowest BCUT2D eigenvalue weighted by atomic mass is 9.94. The van der Waals surface area contributed by atoms with E-state index in [1.807, 2.05) is 0 Å². The number of amides is 2. The summed E-state index contributed by atoms with van der Waals surface area (Å²) in [6.07, 6.45) is 0.0939. The second-order valence-electron chi connectivity index (χ2n) is 6.12. The molecule has 0 unspecified atom stereocenters. The minimum Gasteiger partial charge on any atom is -0.396 e. The highest BCUT2D eigenvalue weighted by Crippen LogP contribution is 2.14. The fourth-order valence-electron chi connectivity index (χ4n) is 2.36. The average molecular weight is 366 g/mol. The van der Waals surface area contributed by atoms with Crippen LogP contribution in [0.15, 0.2) is 0 Å². The quantitative estimate of drug-likeness (QED) is 0.146. The van der Waals surface area contributed by atoms with Crippen molar-refractivity contribution in [2.45, 2.75) is 43.2 Å². The lowest BCUT2D eigenvalue weighted by Crippen LogP contribution is -2.57. The molecule has 10 nitrogen and oxygen atoms in total. The molecule has 0 aliphatic rings. The number of rotatable bonds is 14. The van der Waals surface area contributed by atoms with Crippen LogP contribution >= 0.6 is 0 Å². The Kier molecular flexibility index (Phi) is 11.5. The van der Waals surface area contributed by atoms with Gasteiger partial charge in [-0.2, -0.15) is 0 Å². The molecule has 0 spiro atoms. The van der Waals surface area contributed by atoms with Gasteiger partial charge in [0.2, 0.25) is 11.8 Å². The third-order valence-electron chi connectivity index (χ3n) is 3.97. The molecule has 0 saturated heterocycles. The van der Waals surface area contributed by atoms with Gasteiger partial charge in [-0.25, -0.2) is 0 Å². The second-order valence-corrected chi connectivity index (χ2v) is 6.12. The number of hydrogen-bond donors (Lipinski definition) is 8. The highest BCUT2D eigenvalue weighted by atomic mass is 16.3. The van der Waals surface area contributed by atoms with Crippen molar-refractivity contribution in [1.82, 2.24) is 10.6 Å². The summed E-state index contributed by atoms with van der Waals surface area (Å²) in [6, 6.07) is 0. The summed E-state index contributed by atoms with van der Waals surface area (Å²) in [6.45, 7) is -2.62. The minimum absolute atomic E-state index is 0.123. The Hall–Kier alpha value is -1.30. The van der Waals surface area contributed by atoms with Gasteiger partial charge < -0.3 is 41.3 Å². The smallest absolute Gasteiger partial charge is 0.230 e. The van der Waals surface area contributed by atoms with Crippen molar-refractivity contribution in [2.75, 3.05) is 39.6 Å². The van der Waals surface area contributed by atoms with Crippen LogP contribution in [0.5, 0.6) is 0 Å². The van der Waals surface area contributed by atoms with Gasteiger partial charge in [-0.1, -0.05) is 0 Å². The summed E-state index contributed by atoms with van der Waals surface area (Å²) in [5.41, 5.74) is -2.69. The van der Waals surface area contributed by atoms with E-state index >= 15 is 0 Å². The Morgan fingerprint density at radius 2 is 0.960 bits per heavy atom. The predicted molar refractivity (Wildman–Crippen MR) is 87.3 cm³/mol. The molecule has 8 N–H and O–H groups in total. The molecule has 0 bridgehead atoms. The van der Waals surface area contributed by atoms with E-state index in [-0.39, 0.29) is 38.9 Å². The van der Waals surface area contributed by atoms with Gasteiger partial charge in [0.05, 0.1) is 37.5 Å². The zero-order valence-corrected chi connectivity index (χ0v) is 14.3. The standard InChI is InChI=1S/C15H30N2O8/c18-5-1-3-14(8-20,9-21)16-12(24)7-13(25)17-15(10-22,11-23)4-2-6-19/h18-23H,1-11H2,(H,16,24)(H,17,25). The first-order valence-corrected chi connectivity index (χ1v) is 8.13. The molecule has 2 amide bonds. The van der Waals surface area contributed by atoms with Crippen LogP contribution in [0.3, 0.4) is 0 Å². The van der Waals surface area contributed by atoms with Crippen LogP contribution in [0.25, 0.3) is 0 Å². The van der Waals surface area contributed by atoms with Crippen LogP contribution in [-0.2, 0) is 9.59 Å². The molecule has 148 valence electrons. The summed E-state index contributed by atoms with van der Waals surface area (Å²) in [7, 11) is 0. The van der Waals surface area contributed by atoms with Crippen LogP contribution in [0.1, 0.15) is 32.1 Å². The topological polar surface area (TPSA) is 180 Å². The molecule has 0 aromatic heterocycles. The molecule has 0 aromatic rings. The van der Waals surface area contributed by atoms with Crippen molar-refractivity contribution in [1.29, 1.82) is 0 Å². The largest absolute Gasteiger partial charge is 0.396 e. The van der Waals surface area contributed by atoms with Crippen LogP contribution in [-0.4, -0.2) is 93.2 Å². The number of aliphatic hydroxyl groups excluding tert-OH is 6. The molecule has 0 heterocycles. The monoisotopic (exact) mass is 366 g/mol. The molecule has 0 aliphatic carbocycles. The maximum Gasteiger partial charge on any atom is 0.230 e. The normalized spacial score (nSPS) is 12.1. The number of carbonyl (C=O) groups excluding carboxylic acids is 2. The van der Waals surface area contributed by atoms with E-state index in [2.05, 4.69) is 10.6 Å². The van der Waals surface area contributed by atoms with E-state index in [1.54, 1.807) is 0 Å². The van der Waals surface area contributed by atoms with Crippen LogP contribution < -0.4 is 10.6 Å². The summed E-state index contributed by atoms with van der Waals surface area (Å²) in [4.78, 5) is 24.0. The molecule has 0 saturated carbocycles. The predicted octanol–water partition coefficient (Wildman–Crippen LogP) is -3.40. The Labute approximate surface area is 146 Å². The van der Waals surface area contributed by atoms with Crippen molar-refractivity contribution >= 4 is 11.8 Å². The Morgan fingerprint density at radius 3 is 1.20 bits per heavy atom. The third-order valence-corrected chi connectivity index (χ3v) is 3.97. The van der Waals surface area contributed by atoms with Gasteiger partial charge >= 0.3 is 0 Å². The van der Waals surface area contributed by atoms with Crippen LogP contribution in [0, 0.1) is 0 Å². The number of carbonyl (C=O) groups is 2. The van der Waals surface area contributed by atoms with Gasteiger partial charge in [-0.05, 0) is 25.7 Å². The van der Waals surface area contributed by atoms with E-state index < -0.39 is 55.7 Å². The molecule has 0 rings (SSSR count). The maximum absolute atomic E-state index is 12.0. The Morgan fingerprint density at radius 1 is 0.640 bits per heavy atom. The number of nitrogens with one attached hydrogen (secondary N) is 2. The third kappa shape index (κ3) is 8.08. The molecule has 0 radical (unpaired) electrons. The highest BCUT2D eigenvalue weighted by Gasteiger charge is 2.33. The minimum atomic E-state index is -1.35. The molecule has 25 heavy (non-hydrogen) atoms. The molecule has 0 aromatic carbocycles. The molecular weight excluding hydrogens is 336 g/mol. The zero-order chi connectivity index (χ0) is 19.3. The number of hydrogen-bond acceptors (Lipinski definition) is 8. The van der Waals surface area contributed by atoms with E-state index in [9.17, 15) is 30.0 Å². The Balaban J connectivity index is 4.78. The summed E-state index contributed by atoms with van der Waals surface area (Å²) in [5.74, 6) is -1.52. The SMILES string of the molecule is O=C(CC(=O)NC(CO)(CO)CCCO)NC(CO)(CO)CCCO. The maximum atomic E-state index is 12.0. The molecule has 0 fully saturated rings. The van der Waals surface area contributed by atoms with E-state index in [1.165, 1.54) is 0 Å². The summed E-state index contributed by atoms with van der Waals surface area (Å²) in [5, 5.41) is 60.1. The molecule has 10 heteroatoms. The molecule has 0 aliphatic heterocycles. The van der Waals surface area contributed by atoms with Crippen molar-refractivity contribution in [3.05, 3.63) is 0 Å². The summed E-state index contributed by atoms with van der Waals surface area (Å²) >= 11 is 0. The van der Waals surface area contributed by atoms with Gasteiger partial charge in [0.25, 0.3) is 0 Å². The van der Waals surface area contributed by atoms with E-state index in [4.69, 9.17) is 10.2 Å². The first-order chi connectivity index (χ1) is 11.9. The first kappa shape index (κ1) is 23.7. The van der Waals surface area contributed by atoms with Crippen molar-refractivity contribution < 1.29 is 40.2 Å². The van der Waals surface area contributed by atoms with Gasteiger partial charge in [-0.15, -0.1) is 0 Å². The van der Waals surface area contributed by atoms with Gasteiger partial charge in [0.15, 0.2) is 0 Å². The van der Waals surface area contributed by atoms with Gasteiger partial charge in [-0.3, -0.25) is 9.59 Å². The lowest BCUT2D eigenvalue weighted by Gasteiger charge is -2.32. The van der Waals surface area contributed by atoms with Crippen LogP contribution in [0.2, 0.25) is 0 Å². The van der Waals surface area contributed by atoms with Crippen molar-refractivity contribution in [3.63, 3.8) is 0 Å². The highest BCUT2D eigenvalue weighted by molar-refractivity contribution is 5.97. The van der Waals surface area contributed by atoms with Crippen molar-refractivity contribution in [2.24, 2.45) is 0 Å². The first-order valence-electron chi connectivity index (χ1n) is 8.13. The molecular formula is C15H30N2O8. The van der Waals surface area contributed by atoms with Gasteiger partial charge in [0, 0.05) is 13.2 Å². The fourth-order valence-corrected chi connectivity index (χ4v) is 2.36. The number of aliphatic hydroxyl groups is 6. The molecule has 0 atom stereocenters. The lowest BCUT2D eigenvalue weighted by molar-refractivity contribution is -0.133. The van der Waals surface area contributed by atoms with E-state index in [0.717, 1.165) is 0 Å². The average Bonchev–Trinajstić information content (AvgIpc) is 2.62. The fraction of sp³-hybridized carbons (Fsp3) is 0.867. The second kappa shape index (κ2) is 12.1. The van der Waals surface area contributed by atoms with Gasteiger partial charge in [0.1, 0.15) is 6.42 Å². The van der Waals surface area contributed by atoms with E-state index in [0.29, 0.717) is 0 Å². The zero-order valence-electron chi connectivity index (χ0n) is 14.3. The summed E-state index contributed by atoms with van der Waals surface area (Å²) < 4.78 is 0.